The number of thioether (sulfide) groups is 1. The zero-order valence-corrected chi connectivity index (χ0v) is 9.46. The first kappa shape index (κ1) is 8.88. The Morgan fingerprint density at radius 2 is 2.25 bits per heavy atom. The van der Waals surface area contributed by atoms with Crippen molar-refractivity contribution in [2.24, 2.45) is 0 Å². The van der Waals surface area contributed by atoms with Crippen LogP contribution in [0.1, 0.15) is 12.8 Å². The molecular weight excluding hydrogens is 236 g/mol. The van der Waals surface area contributed by atoms with E-state index in [9.17, 15) is 0 Å². The van der Waals surface area contributed by atoms with Crippen LogP contribution in [0.25, 0.3) is 0 Å². The summed E-state index contributed by atoms with van der Waals surface area (Å²) in [5, 5.41) is 6.72. The van der Waals surface area contributed by atoms with E-state index < -0.39 is 0 Å². The molecule has 2 aliphatic heterocycles. The molecule has 12 heavy (non-hydrogen) atoms. The Morgan fingerprint density at radius 3 is 2.83 bits per heavy atom. The summed E-state index contributed by atoms with van der Waals surface area (Å²) >= 11 is 5.51. The maximum atomic E-state index is 3.52. The highest BCUT2D eigenvalue weighted by molar-refractivity contribution is 9.09. The average Bonchev–Trinajstić information content (AvgIpc) is 2.75. The molecule has 1 N–H and O–H groups in total. The van der Waals surface area contributed by atoms with Gasteiger partial charge in [0.25, 0.3) is 0 Å². The van der Waals surface area contributed by atoms with Crippen LogP contribution < -0.4 is 5.32 Å². The van der Waals surface area contributed by atoms with Crippen LogP contribution in [0.4, 0.5) is 0 Å². The van der Waals surface area contributed by atoms with Gasteiger partial charge in [0.2, 0.25) is 0 Å². The maximum absolute atomic E-state index is 3.52. The van der Waals surface area contributed by atoms with Gasteiger partial charge in [-0.15, -0.1) is 0 Å². The van der Waals surface area contributed by atoms with Crippen LogP contribution in [-0.4, -0.2) is 40.0 Å². The Bertz CT molecular complexity index is 197. The summed E-state index contributed by atoms with van der Waals surface area (Å²) in [7, 11) is 0. The van der Waals surface area contributed by atoms with Gasteiger partial charge < -0.3 is 0 Å². The Labute approximate surface area is 85.9 Å². The monoisotopic (exact) mass is 249 g/mol. The van der Waals surface area contributed by atoms with Crippen molar-refractivity contribution in [3.8, 4) is 0 Å². The summed E-state index contributed by atoms with van der Waals surface area (Å²) in [5.41, 5.74) is 0. The second-order valence-electron chi connectivity index (χ2n) is 3.27. The summed E-state index contributed by atoms with van der Waals surface area (Å²) in [6.45, 7) is 3.64. The lowest BCUT2D eigenvalue weighted by atomic mass is 10.4. The lowest BCUT2D eigenvalue weighted by Crippen LogP contribution is -2.25. The highest BCUT2D eigenvalue weighted by atomic mass is 79.9. The molecule has 0 aromatic rings. The second kappa shape index (κ2) is 4.01. The predicted octanol–water partition coefficient (Wildman–Crippen LogP) is 1.25. The van der Waals surface area contributed by atoms with Crippen LogP contribution in [0.2, 0.25) is 0 Å². The standard InChI is InChI=1S/C8H13BrN2S/c9-5-7-6-10-8(12-7)11-3-1-2-4-11/h7H,1-6H2/p+1. The van der Waals surface area contributed by atoms with Crippen molar-refractivity contribution in [3.05, 3.63) is 0 Å². The van der Waals surface area contributed by atoms with E-state index in [2.05, 4.69) is 25.8 Å². The van der Waals surface area contributed by atoms with E-state index >= 15 is 0 Å². The van der Waals surface area contributed by atoms with Gasteiger partial charge in [-0.3, -0.25) is 9.89 Å². The molecule has 2 heterocycles. The van der Waals surface area contributed by atoms with E-state index in [1.54, 1.807) is 0 Å². The van der Waals surface area contributed by atoms with Crippen LogP contribution in [-0.2, 0) is 0 Å². The Kier molecular flexibility index (Phi) is 2.96. The molecule has 1 unspecified atom stereocenters. The molecule has 1 atom stereocenters. The van der Waals surface area contributed by atoms with Gasteiger partial charge >= 0.3 is 5.17 Å². The van der Waals surface area contributed by atoms with Gasteiger partial charge in [-0.25, -0.2) is 0 Å². The molecule has 0 radical (unpaired) electrons. The molecule has 2 nitrogen and oxygen atoms in total. The molecule has 2 rings (SSSR count). The van der Waals surface area contributed by atoms with Crippen LogP contribution >= 0.6 is 27.7 Å². The zero-order chi connectivity index (χ0) is 8.39. The van der Waals surface area contributed by atoms with Gasteiger partial charge in [0, 0.05) is 5.33 Å². The summed E-state index contributed by atoms with van der Waals surface area (Å²) in [4.78, 5) is 0. The smallest absolute Gasteiger partial charge is 0.268 e. The van der Waals surface area contributed by atoms with Crippen molar-refractivity contribution >= 4 is 32.9 Å². The van der Waals surface area contributed by atoms with Crippen molar-refractivity contribution in [1.82, 2.24) is 5.32 Å². The van der Waals surface area contributed by atoms with Gasteiger partial charge in [0.15, 0.2) is 0 Å². The van der Waals surface area contributed by atoms with Crippen molar-refractivity contribution in [3.63, 3.8) is 0 Å². The summed E-state index contributed by atoms with van der Waals surface area (Å²) in [5.74, 6) is 0. The number of hydrogen-bond donors (Lipinski definition) is 1. The third-order valence-corrected chi connectivity index (χ3v) is 4.83. The average molecular weight is 250 g/mol. The van der Waals surface area contributed by atoms with Gasteiger partial charge in [-0.2, -0.15) is 0 Å². The summed E-state index contributed by atoms with van der Waals surface area (Å²) in [6.07, 6.45) is 2.73. The van der Waals surface area contributed by atoms with E-state index in [1.165, 1.54) is 31.1 Å². The second-order valence-corrected chi connectivity index (χ2v) is 5.21. The van der Waals surface area contributed by atoms with Crippen LogP contribution in [0.15, 0.2) is 0 Å². The van der Waals surface area contributed by atoms with Crippen molar-refractivity contribution in [2.45, 2.75) is 18.1 Å². The number of nitrogens with one attached hydrogen (secondary N) is 1. The highest BCUT2D eigenvalue weighted by Gasteiger charge is 2.29. The molecule has 0 saturated carbocycles. The Morgan fingerprint density at radius 1 is 1.50 bits per heavy atom. The summed E-state index contributed by atoms with van der Waals surface area (Å²) in [6, 6.07) is 0. The van der Waals surface area contributed by atoms with Crippen LogP contribution in [0, 0.1) is 0 Å². The Balaban J connectivity index is 2.01. The Hall–Kier alpha value is 0.300. The van der Waals surface area contributed by atoms with Gasteiger partial charge in [-0.05, 0) is 24.6 Å². The molecule has 2 fully saturated rings. The molecule has 4 heteroatoms. The predicted molar refractivity (Wildman–Crippen MR) is 57.4 cm³/mol. The first-order chi connectivity index (χ1) is 5.90. The largest absolute Gasteiger partial charge is 0.306 e. The molecular formula is C8H14BrN2S+. The number of hydrogen-bond acceptors (Lipinski definition) is 1. The molecule has 2 saturated heterocycles. The lowest BCUT2D eigenvalue weighted by Gasteiger charge is -1.98. The van der Waals surface area contributed by atoms with E-state index in [4.69, 9.17) is 0 Å². The SMILES string of the molecule is BrCC1CNC(=[N+]2CCCC2)S1. The van der Waals surface area contributed by atoms with Gasteiger partial charge in [0.1, 0.15) is 0 Å². The molecule has 0 bridgehead atoms. The lowest BCUT2D eigenvalue weighted by molar-refractivity contribution is -0.505. The van der Waals surface area contributed by atoms with Crippen LogP contribution in [0.5, 0.6) is 0 Å². The third kappa shape index (κ3) is 1.79. The van der Waals surface area contributed by atoms with Crippen molar-refractivity contribution in [2.75, 3.05) is 25.0 Å². The van der Waals surface area contributed by atoms with E-state index in [-0.39, 0.29) is 0 Å². The molecule has 0 aromatic heterocycles. The fourth-order valence-electron chi connectivity index (χ4n) is 1.63. The first-order valence-electron chi connectivity index (χ1n) is 4.48. The van der Waals surface area contributed by atoms with Gasteiger partial charge in [-0.1, -0.05) is 15.9 Å². The fraction of sp³-hybridized carbons (Fsp3) is 0.875. The van der Waals surface area contributed by atoms with Crippen LogP contribution in [0.3, 0.4) is 0 Å². The minimum atomic E-state index is 0.737. The van der Waals surface area contributed by atoms with Crippen molar-refractivity contribution in [1.29, 1.82) is 0 Å². The molecule has 0 aliphatic carbocycles. The number of nitrogens with zero attached hydrogens (tertiary/aromatic N) is 1. The fourth-order valence-corrected chi connectivity index (χ4v) is 3.30. The van der Waals surface area contributed by atoms with E-state index in [0.717, 1.165) is 17.1 Å². The molecule has 68 valence electrons. The normalized spacial score (nSPS) is 29.6. The topological polar surface area (TPSA) is 15.0 Å². The molecule has 2 aliphatic rings. The minimum Gasteiger partial charge on any atom is -0.268 e. The quantitative estimate of drug-likeness (QED) is 0.556. The van der Waals surface area contributed by atoms with E-state index in [0.29, 0.717) is 0 Å². The molecule has 0 aromatic carbocycles. The minimum absolute atomic E-state index is 0.737. The number of rotatable bonds is 1. The number of alkyl halides is 1. The highest BCUT2D eigenvalue weighted by Crippen LogP contribution is 2.20. The third-order valence-electron chi connectivity index (χ3n) is 2.32. The molecule has 0 amide bonds. The zero-order valence-electron chi connectivity index (χ0n) is 7.05. The maximum Gasteiger partial charge on any atom is 0.306 e. The first-order valence-corrected chi connectivity index (χ1v) is 6.48. The number of halogens is 1. The van der Waals surface area contributed by atoms with Gasteiger partial charge in [0.05, 0.1) is 24.9 Å². The van der Waals surface area contributed by atoms with Crippen molar-refractivity contribution < 1.29 is 4.58 Å². The number of amidine groups is 1. The summed E-state index contributed by atoms with van der Waals surface area (Å²) < 4.78 is 2.48. The molecule has 0 spiro atoms. The van der Waals surface area contributed by atoms with E-state index in [1.807, 2.05) is 11.8 Å².